The average Bonchev–Trinajstić information content (AvgIpc) is 2.63. The summed E-state index contributed by atoms with van der Waals surface area (Å²) < 4.78 is 4.26. The number of hydrogen-bond donors (Lipinski definition) is 0. The average molecular weight is 341 g/mol. The molecule has 0 radical (unpaired) electrons. The van der Waals surface area contributed by atoms with E-state index in [1.807, 2.05) is 26.8 Å². The van der Waals surface area contributed by atoms with Crippen LogP contribution in [-0.2, 0) is 11.3 Å². The van der Waals surface area contributed by atoms with Crippen molar-refractivity contribution in [1.82, 2.24) is 4.57 Å². The third-order valence-corrected chi connectivity index (χ3v) is 4.33. The maximum absolute atomic E-state index is 12.1. The van der Waals surface area contributed by atoms with E-state index < -0.39 is 5.41 Å². The molecule has 5 heteroatoms. The normalized spacial score (nSPS) is 13.2. The Morgan fingerprint density at radius 3 is 2.68 bits per heavy atom. The van der Waals surface area contributed by atoms with Crippen LogP contribution in [0.1, 0.15) is 27.7 Å². The lowest BCUT2D eigenvalue weighted by Gasteiger charge is -2.11. The van der Waals surface area contributed by atoms with Gasteiger partial charge in [-0.3, -0.25) is 4.79 Å². The molecule has 0 aliphatic carbocycles. The van der Waals surface area contributed by atoms with Gasteiger partial charge in [0.25, 0.3) is 5.91 Å². The molecule has 1 aromatic carbocycles. The molecule has 0 aliphatic heterocycles. The van der Waals surface area contributed by atoms with Crippen molar-refractivity contribution in [2.45, 2.75) is 34.2 Å². The van der Waals surface area contributed by atoms with Gasteiger partial charge in [0.05, 0.1) is 10.2 Å². The van der Waals surface area contributed by atoms with E-state index in [-0.39, 0.29) is 5.91 Å². The highest BCUT2D eigenvalue weighted by molar-refractivity contribution is 9.10. The van der Waals surface area contributed by atoms with Gasteiger partial charge in [-0.1, -0.05) is 48.0 Å². The molecule has 2 rings (SSSR count). The first kappa shape index (κ1) is 14.5. The monoisotopic (exact) mass is 340 g/mol. The van der Waals surface area contributed by atoms with Gasteiger partial charge < -0.3 is 4.57 Å². The van der Waals surface area contributed by atoms with Crippen molar-refractivity contribution in [1.29, 1.82) is 0 Å². The summed E-state index contributed by atoms with van der Waals surface area (Å²) in [5.41, 5.74) is 0.679. The van der Waals surface area contributed by atoms with Gasteiger partial charge >= 0.3 is 0 Å². The van der Waals surface area contributed by atoms with Crippen molar-refractivity contribution in [2.75, 3.05) is 0 Å². The molecule has 0 bridgehead atoms. The van der Waals surface area contributed by atoms with Crippen molar-refractivity contribution in [2.24, 2.45) is 10.4 Å². The second kappa shape index (κ2) is 5.21. The highest BCUT2D eigenvalue weighted by atomic mass is 79.9. The van der Waals surface area contributed by atoms with Gasteiger partial charge in [-0.2, -0.15) is 4.99 Å². The first-order valence-electron chi connectivity index (χ1n) is 6.21. The number of nitrogens with zero attached hydrogens (tertiary/aromatic N) is 2. The Morgan fingerprint density at radius 1 is 1.42 bits per heavy atom. The number of fused-ring (bicyclic) bond motifs is 1. The summed E-state index contributed by atoms with van der Waals surface area (Å²) in [4.78, 5) is 17.1. The molecular formula is C14H17BrN2OS. The molecule has 3 nitrogen and oxygen atoms in total. The number of halogens is 1. The van der Waals surface area contributed by atoms with Gasteiger partial charge in [-0.15, -0.1) is 0 Å². The molecule has 0 saturated carbocycles. The lowest BCUT2D eigenvalue weighted by Crippen LogP contribution is -2.23. The number of benzene rings is 1. The molecular weight excluding hydrogens is 324 g/mol. The zero-order valence-corrected chi connectivity index (χ0v) is 13.9. The molecule has 2 aromatic rings. The summed E-state index contributed by atoms with van der Waals surface area (Å²) in [6, 6.07) is 6.13. The number of rotatable bonds is 1. The van der Waals surface area contributed by atoms with E-state index in [1.54, 1.807) is 11.3 Å². The summed E-state index contributed by atoms with van der Waals surface area (Å²) in [5, 5.41) is 0. The molecule has 0 unspecified atom stereocenters. The smallest absolute Gasteiger partial charge is 0.253 e. The minimum atomic E-state index is -0.442. The Balaban J connectivity index is 2.67. The summed E-state index contributed by atoms with van der Waals surface area (Å²) >= 11 is 5.02. The summed E-state index contributed by atoms with van der Waals surface area (Å²) in [7, 11) is 0. The summed E-state index contributed by atoms with van der Waals surface area (Å²) in [6.07, 6.45) is 0. The Labute approximate surface area is 125 Å². The van der Waals surface area contributed by atoms with Crippen molar-refractivity contribution < 1.29 is 4.79 Å². The second-order valence-corrected chi connectivity index (χ2v) is 7.33. The zero-order chi connectivity index (χ0) is 14.2. The van der Waals surface area contributed by atoms with Crippen LogP contribution < -0.4 is 4.80 Å². The van der Waals surface area contributed by atoms with E-state index in [0.29, 0.717) is 0 Å². The van der Waals surface area contributed by atoms with E-state index in [9.17, 15) is 4.79 Å². The number of aryl methyl sites for hydroxylation is 1. The van der Waals surface area contributed by atoms with Gasteiger partial charge in [0.2, 0.25) is 0 Å². The lowest BCUT2D eigenvalue weighted by atomic mass is 9.96. The number of carbonyl (C=O) groups excluding carboxylic acids is 1. The fraction of sp³-hybridized carbons (Fsp3) is 0.429. The predicted molar refractivity (Wildman–Crippen MR) is 83.2 cm³/mol. The summed E-state index contributed by atoms with van der Waals surface area (Å²) in [6.45, 7) is 8.53. The van der Waals surface area contributed by atoms with Gasteiger partial charge in [0, 0.05) is 16.4 Å². The molecule has 0 saturated heterocycles. The number of aromatic nitrogens is 1. The van der Waals surface area contributed by atoms with E-state index in [2.05, 4.69) is 44.5 Å². The molecule has 102 valence electrons. The van der Waals surface area contributed by atoms with E-state index in [4.69, 9.17) is 0 Å². The number of hydrogen-bond acceptors (Lipinski definition) is 2. The predicted octanol–water partition coefficient (Wildman–Crippen LogP) is 3.96. The Hall–Kier alpha value is -0.940. The standard InChI is InChI=1S/C14H17BrN2OS/c1-5-17-10-7-6-9(15)8-11(10)19-13(17)16-12(18)14(2,3)4/h6-8H,5H2,1-4H3. The molecule has 0 spiro atoms. The highest BCUT2D eigenvalue weighted by Gasteiger charge is 2.21. The fourth-order valence-electron chi connectivity index (χ4n) is 1.69. The SMILES string of the molecule is CCn1c(=NC(=O)C(C)(C)C)sc2cc(Br)ccc21. The van der Waals surface area contributed by atoms with Gasteiger partial charge in [-0.05, 0) is 25.1 Å². The van der Waals surface area contributed by atoms with Crippen LogP contribution >= 0.6 is 27.3 Å². The van der Waals surface area contributed by atoms with Crippen LogP contribution in [0.3, 0.4) is 0 Å². The Morgan fingerprint density at radius 2 is 2.11 bits per heavy atom. The van der Waals surface area contributed by atoms with Crippen LogP contribution in [0.4, 0.5) is 0 Å². The van der Waals surface area contributed by atoms with Crippen LogP contribution in [0.5, 0.6) is 0 Å². The topological polar surface area (TPSA) is 34.4 Å². The van der Waals surface area contributed by atoms with Crippen LogP contribution in [0.2, 0.25) is 0 Å². The van der Waals surface area contributed by atoms with Crippen molar-refractivity contribution in [3.05, 3.63) is 27.5 Å². The van der Waals surface area contributed by atoms with Crippen LogP contribution in [0.25, 0.3) is 10.2 Å². The molecule has 1 heterocycles. The minimum Gasteiger partial charge on any atom is -0.317 e. The first-order chi connectivity index (χ1) is 8.82. The molecule has 1 aromatic heterocycles. The Kier molecular flexibility index (Phi) is 3.97. The van der Waals surface area contributed by atoms with Gasteiger partial charge in [-0.25, -0.2) is 0 Å². The molecule has 0 N–H and O–H groups in total. The van der Waals surface area contributed by atoms with Crippen LogP contribution in [-0.4, -0.2) is 10.5 Å². The molecule has 0 atom stereocenters. The third-order valence-electron chi connectivity index (χ3n) is 2.80. The van der Waals surface area contributed by atoms with Gasteiger partial charge in [0.1, 0.15) is 0 Å². The number of amides is 1. The molecule has 19 heavy (non-hydrogen) atoms. The highest BCUT2D eigenvalue weighted by Crippen LogP contribution is 2.22. The number of thiazole rings is 1. The maximum Gasteiger partial charge on any atom is 0.253 e. The second-order valence-electron chi connectivity index (χ2n) is 5.41. The number of carbonyl (C=O) groups is 1. The molecule has 0 aliphatic rings. The maximum atomic E-state index is 12.1. The van der Waals surface area contributed by atoms with Crippen molar-refractivity contribution in [3.63, 3.8) is 0 Å². The first-order valence-corrected chi connectivity index (χ1v) is 7.82. The fourth-order valence-corrected chi connectivity index (χ4v) is 3.34. The van der Waals surface area contributed by atoms with E-state index in [1.165, 1.54) is 0 Å². The Bertz CT molecular complexity index is 692. The largest absolute Gasteiger partial charge is 0.317 e. The van der Waals surface area contributed by atoms with Gasteiger partial charge in [0.15, 0.2) is 4.80 Å². The molecule has 1 amide bonds. The zero-order valence-electron chi connectivity index (χ0n) is 11.5. The third kappa shape index (κ3) is 2.98. The van der Waals surface area contributed by atoms with E-state index in [0.717, 1.165) is 26.0 Å². The van der Waals surface area contributed by atoms with Crippen molar-refractivity contribution >= 4 is 43.4 Å². The van der Waals surface area contributed by atoms with Crippen molar-refractivity contribution in [3.8, 4) is 0 Å². The van der Waals surface area contributed by atoms with Crippen LogP contribution in [0, 0.1) is 5.41 Å². The summed E-state index contributed by atoms with van der Waals surface area (Å²) in [5.74, 6) is -0.0830. The lowest BCUT2D eigenvalue weighted by molar-refractivity contribution is -0.125. The van der Waals surface area contributed by atoms with Crippen LogP contribution in [0.15, 0.2) is 27.7 Å². The minimum absolute atomic E-state index is 0.0830. The van der Waals surface area contributed by atoms with E-state index >= 15 is 0 Å². The molecule has 0 fully saturated rings. The quantitative estimate of drug-likeness (QED) is 0.773.